The molecule has 0 amide bonds. The molecule has 8 heteroatoms. The Kier molecular flexibility index (Phi) is 7.62. The van der Waals surface area contributed by atoms with E-state index in [4.69, 9.17) is 21.1 Å². The number of thiazole rings is 1. The molecule has 1 unspecified atom stereocenters. The normalized spacial score (nSPS) is 12.9. The number of hydrogen-bond acceptors (Lipinski definition) is 7. The molecule has 1 heterocycles. The van der Waals surface area contributed by atoms with Gasteiger partial charge in [-0.1, -0.05) is 30.7 Å². The Hall–Kier alpha value is -2.12. The number of esters is 2. The smallest absolute Gasteiger partial charge is 0.318 e. The van der Waals surface area contributed by atoms with E-state index in [0.29, 0.717) is 22.3 Å². The van der Waals surface area contributed by atoms with Crippen LogP contribution in [0.5, 0.6) is 0 Å². The lowest BCUT2D eigenvalue weighted by atomic mass is 9.78. The van der Waals surface area contributed by atoms with Gasteiger partial charge < -0.3 is 14.8 Å². The SMILES string of the molecule is CCOC(=O)C(CC)(CCC(=O)OC)c1csc(Nc2ccccc2Cl)n1. The fraction of sp³-hybridized carbons (Fsp3) is 0.421. The van der Waals surface area contributed by atoms with Crippen LogP contribution in [0, 0.1) is 0 Å². The lowest BCUT2D eigenvalue weighted by molar-refractivity contribution is -0.151. The average molecular weight is 411 g/mol. The summed E-state index contributed by atoms with van der Waals surface area (Å²) in [5, 5.41) is 6.17. The zero-order valence-electron chi connectivity index (χ0n) is 15.6. The summed E-state index contributed by atoms with van der Waals surface area (Å²) in [5.41, 5.74) is 0.306. The van der Waals surface area contributed by atoms with Crippen LogP contribution in [0.15, 0.2) is 29.6 Å². The van der Waals surface area contributed by atoms with Gasteiger partial charge in [0.1, 0.15) is 5.41 Å². The van der Waals surface area contributed by atoms with E-state index in [-0.39, 0.29) is 31.4 Å². The van der Waals surface area contributed by atoms with Crippen molar-refractivity contribution in [2.45, 2.75) is 38.5 Å². The Balaban J connectivity index is 2.32. The van der Waals surface area contributed by atoms with Crippen molar-refractivity contribution in [1.29, 1.82) is 0 Å². The molecular weight excluding hydrogens is 388 g/mol. The van der Waals surface area contributed by atoms with Crippen molar-refractivity contribution >= 4 is 45.7 Å². The van der Waals surface area contributed by atoms with Gasteiger partial charge >= 0.3 is 11.9 Å². The highest BCUT2D eigenvalue weighted by molar-refractivity contribution is 7.13. The van der Waals surface area contributed by atoms with E-state index in [0.717, 1.165) is 5.69 Å². The lowest BCUT2D eigenvalue weighted by Gasteiger charge is -2.28. The summed E-state index contributed by atoms with van der Waals surface area (Å²) in [6.45, 7) is 3.90. The van der Waals surface area contributed by atoms with Crippen molar-refractivity contribution in [3.8, 4) is 0 Å². The topological polar surface area (TPSA) is 77.5 Å². The van der Waals surface area contributed by atoms with E-state index in [1.807, 2.05) is 30.5 Å². The van der Waals surface area contributed by atoms with Crippen molar-refractivity contribution < 1.29 is 19.1 Å². The number of methoxy groups -OCH3 is 1. The van der Waals surface area contributed by atoms with Crippen LogP contribution in [0.25, 0.3) is 0 Å². The molecule has 0 radical (unpaired) electrons. The monoisotopic (exact) mass is 410 g/mol. The van der Waals surface area contributed by atoms with E-state index in [1.165, 1.54) is 18.4 Å². The zero-order valence-corrected chi connectivity index (χ0v) is 17.2. The summed E-state index contributed by atoms with van der Waals surface area (Å²) >= 11 is 7.55. The molecule has 0 fully saturated rings. The maximum Gasteiger partial charge on any atom is 0.318 e. The number of aromatic nitrogens is 1. The zero-order chi connectivity index (χ0) is 19.9. The van der Waals surface area contributed by atoms with E-state index < -0.39 is 5.41 Å². The quantitative estimate of drug-likeness (QED) is 0.603. The molecule has 0 spiro atoms. The first kappa shape index (κ1) is 21.2. The van der Waals surface area contributed by atoms with Gasteiger partial charge in [0, 0.05) is 11.8 Å². The number of nitrogens with one attached hydrogen (secondary N) is 1. The second kappa shape index (κ2) is 9.71. The van der Waals surface area contributed by atoms with Crippen molar-refractivity contribution in [3.05, 3.63) is 40.4 Å². The van der Waals surface area contributed by atoms with E-state index in [1.54, 1.807) is 13.0 Å². The fourth-order valence-electron chi connectivity index (χ4n) is 2.75. The molecule has 0 saturated heterocycles. The predicted molar refractivity (Wildman–Crippen MR) is 107 cm³/mol. The third kappa shape index (κ3) is 4.99. The van der Waals surface area contributed by atoms with Gasteiger partial charge in [-0.05, 0) is 31.9 Å². The molecule has 1 N–H and O–H groups in total. The van der Waals surface area contributed by atoms with Crippen molar-refractivity contribution in [2.75, 3.05) is 19.0 Å². The number of rotatable bonds is 9. The van der Waals surface area contributed by atoms with Gasteiger partial charge in [-0.25, -0.2) is 4.98 Å². The first-order valence-corrected chi connectivity index (χ1v) is 9.94. The molecule has 1 aromatic carbocycles. The number of para-hydroxylation sites is 1. The van der Waals surface area contributed by atoms with Crippen LogP contribution >= 0.6 is 22.9 Å². The lowest BCUT2D eigenvalue weighted by Crippen LogP contribution is -2.38. The maximum absolute atomic E-state index is 12.8. The highest BCUT2D eigenvalue weighted by Crippen LogP contribution is 2.37. The molecule has 146 valence electrons. The van der Waals surface area contributed by atoms with Gasteiger partial charge in [0.15, 0.2) is 5.13 Å². The molecule has 27 heavy (non-hydrogen) atoms. The highest BCUT2D eigenvalue weighted by atomic mass is 35.5. The summed E-state index contributed by atoms with van der Waals surface area (Å²) in [5.74, 6) is -0.757. The second-order valence-corrected chi connectivity index (χ2v) is 7.14. The summed E-state index contributed by atoms with van der Waals surface area (Å²) in [7, 11) is 1.33. The Morgan fingerprint density at radius 2 is 2.04 bits per heavy atom. The van der Waals surface area contributed by atoms with Crippen LogP contribution < -0.4 is 5.32 Å². The van der Waals surface area contributed by atoms with Gasteiger partial charge in [0.25, 0.3) is 0 Å². The molecular formula is C19H23ClN2O4S. The van der Waals surface area contributed by atoms with Gasteiger partial charge in [0.05, 0.1) is 30.1 Å². The Morgan fingerprint density at radius 1 is 1.30 bits per heavy atom. The third-order valence-electron chi connectivity index (χ3n) is 4.36. The minimum atomic E-state index is -0.999. The number of hydrogen-bond donors (Lipinski definition) is 1. The van der Waals surface area contributed by atoms with Crippen LogP contribution in [0.2, 0.25) is 5.02 Å². The molecule has 2 aromatic rings. The number of ether oxygens (including phenoxy) is 2. The fourth-order valence-corrected chi connectivity index (χ4v) is 3.76. The summed E-state index contributed by atoms with van der Waals surface area (Å²) in [4.78, 5) is 29.0. The second-order valence-electron chi connectivity index (χ2n) is 5.88. The molecule has 6 nitrogen and oxygen atoms in total. The molecule has 0 aliphatic carbocycles. The predicted octanol–water partition coefficient (Wildman–Crippen LogP) is 4.70. The Morgan fingerprint density at radius 3 is 2.67 bits per heavy atom. The third-order valence-corrected chi connectivity index (χ3v) is 5.45. The molecule has 0 bridgehead atoms. The minimum absolute atomic E-state index is 0.105. The van der Waals surface area contributed by atoms with Crippen molar-refractivity contribution in [1.82, 2.24) is 4.98 Å². The molecule has 1 atom stereocenters. The summed E-state index contributed by atoms with van der Waals surface area (Å²) in [6, 6.07) is 7.34. The largest absolute Gasteiger partial charge is 0.469 e. The number of benzene rings is 1. The number of carbonyl (C=O) groups excluding carboxylic acids is 2. The maximum atomic E-state index is 12.8. The molecule has 0 aliphatic heterocycles. The van der Waals surface area contributed by atoms with Gasteiger partial charge in [-0.3, -0.25) is 9.59 Å². The molecule has 1 aromatic heterocycles. The van der Waals surface area contributed by atoms with Crippen molar-refractivity contribution in [3.63, 3.8) is 0 Å². The molecule has 0 aliphatic rings. The van der Waals surface area contributed by atoms with Crippen LogP contribution in [0.4, 0.5) is 10.8 Å². The first-order chi connectivity index (χ1) is 13.0. The van der Waals surface area contributed by atoms with E-state index >= 15 is 0 Å². The highest BCUT2D eigenvalue weighted by Gasteiger charge is 2.42. The van der Waals surface area contributed by atoms with Crippen LogP contribution in [0.3, 0.4) is 0 Å². The number of nitrogens with zero attached hydrogens (tertiary/aromatic N) is 1. The average Bonchev–Trinajstić information content (AvgIpc) is 3.13. The standard InChI is InChI=1S/C19H23ClN2O4S/c1-4-19(17(24)26-5-2,11-10-16(23)25-3)15-12-27-18(22-15)21-14-9-7-6-8-13(14)20/h6-9,12H,4-5,10-11H2,1-3H3,(H,21,22). The summed E-state index contributed by atoms with van der Waals surface area (Å²) < 4.78 is 10.0. The number of anilines is 2. The van der Waals surface area contributed by atoms with Gasteiger partial charge in [-0.15, -0.1) is 11.3 Å². The van der Waals surface area contributed by atoms with Crippen LogP contribution in [-0.2, 0) is 24.5 Å². The van der Waals surface area contributed by atoms with E-state index in [2.05, 4.69) is 10.3 Å². The van der Waals surface area contributed by atoms with Gasteiger partial charge in [0.2, 0.25) is 0 Å². The minimum Gasteiger partial charge on any atom is -0.469 e. The van der Waals surface area contributed by atoms with Gasteiger partial charge in [-0.2, -0.15) is 0 Å². The molecule has 0 saturated carbocycles. The number of halogens is 1. The first-order valence-electron chi connectivity index (χ1n) is 8.68. The van der Waals surface area contributed by atoms with E-state index in [9.17, 15) is 9.59 Å². The Bertz CT molecular complexity index is 796. The Labute approximate surface area is 167 Å². The van der Waals surface area contributed by atoms with Crippen LogP contribution in [0.1, 0.15) is 38.8 Å². The number of carbonyl (C=O) groups is 2. The van der Waals surface area contributed by atoms with Crippen LogP contribution in [-0.4, -0.2) is 30.6 Å². The summed E-state index contributed by atoms with van der Waals surface area (Å²) in [6.07, 6.45) is 0.830. The molecule has 2 rings (SSSR count). The van der Waals surface area contributed by atoms with Crippen molar-refractivity contribution in [2.24, 2.45) is 0 Å².